The van der Waals surface area contributed by atoms with Gasteiger partial charge in [-0.2, -0.15) is 4.98 Å². The predicted octanol–water partition coefficient (Wildman–Crippen LogP) is -1.70. The van der Waals surface area contributed by atoms with Crippen molar-refractivity contribution in [2.24, 2.45) is 5.92 Å². The number of H-pyrrole nitrogens is 1. The lowest BCUT2D eigenvalue weighted by molar-refractivity contribution is -0.0671. The molecule has 0 spiro atoms. The van der Waals surface area contributed by atoms with Crippen molar-refractivity contribution in [3.8, 4) is 0 Å². The average Bonchev–Trinajstić information content (AvgIpc) is 3.76. The van der Waals surface area contributed by atoms with Crippen molar-refractivity contribution in [1.82, 2.24) is 39.0 Å². The molecule has 0 aliphatic carbocycles. The van der Waals surface area contributed by atoms with Gasteiger partial charge in [-0.3, -0.25) is 37.0 Å². The molecule has 7 rings (SSSR count). The van der Waals surface area contributed by atoms with E-state index in [4.69, 9.17) is 39.0 Å². The lowest BCUT2D eigenvalue weighted by Crippen LogP contribution is -2.36. The van der Waals surface area contributed by atoms with Gasteiger partial charge in [-0.05, 0) is 6.42 Å². The van der Waals surface area contributed by atoms with E-state index < -0.39 is 89.9 Å². The molecule has 4 aromatic rings. The predicted molar refractivity (Wildman–Crippen MR) is 153 cm³/mol. The second-order valence-electron chi connectivity index (χ2n) is 10.8. The highest BCUT2D eigenvalue weighted by Gasteiger charge is 2.54. The monoisotopic (exact) mass is 702 g/mol. The standard InChI is InChI=1S/C22H28N10O13P2/c23-16-11-17(26-5-25-16)31(6-27-11)20-13(34)15-10(43-20)4-41-46(36,37)44-14-8(1-2-33)9(3-40-47(38,39)45-15)42-21(14)32-7-28-12-18(32)29-22(24)30-19(12)35/h5-10,13-15,20-21,33-34H,1-4H2,(H,36,37)(H,38,39)(H2,23,25,26)(H3,24,29,30,35)/t8?,9-,10-,13?,14+,15+,20-,21-/m1/s1. The van der Waals surface area contributed by atoms with Gasteiger partial charge in [0.25, 0.3) is 5.56 Å². The fourth-order valence-corrected chi connectivity index (χ4v) is 7.83. The molecule has 0 amide bonds. The maximum absolute atomic E-state index is 13.4. The zero-order valence-electron chi connectivity index (χ0n) is 23.8. The molecular formula is C22H28N10O13P2. The molecule has 4 unspecified atom stereocenters. The Morgan fingerprint density at radius 1 is 0.894 bits per heavy atom. The van der Waals surface area contributed by atoms with Crippen LogP contribution in [0, 0.1) is 5.92 Å². The number of phosphoric ester groups is 2. The Labute approximate surface area is 261 Å². The van der Waals surface area contributed by atoms with Gasteiger partial charge in [-0.15, -0.1) is 0 Å². The van der Waals surface area contributed by atoms with Gasteiger partial charge >= 0.3 is 15.6 Å². The first kappa shape index (κ1) is 32.1. The fourth-order valence-electron chi connectivity index (χ4n) is 5.90. The van der Waals surface area contributed by atoms with Crippen molar-refractivity contribution in [1.29, 1.82) is 0 Å². The van der Waals surface area contributed by atoms with Crippen LogP contribution in [0.4, 0.5) is 11.8 Å². The molecule has 7 heterocycles. The maximum Gasteiger partial charge on any atom is 0.472 e. The summed E-state index contributed by atoms with van der Waals surface area (Å²) in [5, 5.41) is 21.0. The zero-order chi connectivity index (χ0) is 33.2. The minimum atomic E-state index is -5.06. The van der Waals surface area contributed by atoms with Crippen LogP contribution >= 0.6 is 15.6 Å². The SMILES string of the molecule is Nc1nc2c(ncn2[C@@H]2O[C@@H]3COP(=O)(O)O[C@@H]4C(O)[C@H](n5cnc6c(N)ncnc65)O[C@@H]4COP(=O)(O)O[C@H]2C3CCO)c(=O)[nH]1. The van der Waals surface area contributed by atoms with Gasteiger partial charge < -0.3 is 40.9 Å². The van der Waals surface area contributed by atoms with Crippen LogP contribution in [0.1, 0.15) is 18.9 Å². The minimum Gasteiger partial charge on any atom is -0.396 e. The zero-order valence-corrected chi connectivity index (χ0v) is 25.6. The molecule has 25 heteroatoms. The number of imidazole rings is 2. The lowest BCUT2D eigenvalue weighted by atomic mass is 9.95. The van der Waals surface area contributed by atoms with Crippen LogP contribution in [0.2, 0.25) is 0 Å². The highest BCUT2D eigenvalue weighted by atomic mass is 31.2. The van der Waals surface area contributed by atoms with Gasteiger partial charge in [0.1, 0.15) is 36.3 Å². The van der Waals surface area contributed by atoms with Crippen LogP contribution in [-0.2, 0) is 36.7 Å². The molecule has 0 radical (unpaired) electrons. The molecule has 0 saturated carbocycles. The van der Waals surface area contributed by atoms with Crippen molar-refractivity contribution in [2.45, 2.75) is 49.4 Å². The molecule has 9 N–H and O–H groups in total. The van der Waals surface area contributed by atoms with Crippen molar-refractivity contribution >= 4 is 49.7 Å². The molecule has 47 heavy (non-hydrogen) atoms. The molecule has 4 aromatic heterocycles. The van der Waals surface area contributed by atoms with E-state index in [0.717, 1.165) is 12.7 Å². The Morgan fingerprint density at radius 2 is 1.53 bits per heavy atom. The summed E-state index contributed by atoms with van der Waals surface area (Å²) in [6, 6.07) is 0. The molecular weight excluding hydrogens is 674 g/mol. The largest absolute Gasteiger partial charge is 0.472 e. The summed E-state index contributed by atoms with van der Waals surface area (Å²) in [6.45, 7) is -1.92. The molecule has 0 aromatic carbocycles. The van der Waals surface area contributed by atoms with E-state index in [2.05, 4.69) is 29.9 Å². The quantitative estimate of drug-likeness (QED) is 0.116. The Balaban J connectivity index is 1.23. The summed E-state index contributed by atoms with van der Waals surface area (Å²) in [7, 11) is -10.1. The number of rotatable bonds is 4. The van der Waals surface area contributed by atoms with E-state index in [1.807, 2.05) is 0 Å². The topological polar surface area (TPSA) is 330 Å². The van der Waals surface area contributed by atoms with E-state index in [9.17, 15) is 33.9 Å². The summed E-state index contributed by atoms with van der Waals surface area (Å²) in [5.74, 6) is -1.17. The van der Waals surface area contributed by atoms with Crippen LogP contribution in [0.25, 0.3) is 22.3 Å². The van der Waals surface area contributed by atoms with Crippen molar-refractivity contribution < 1.29 is 56.7 Å². The van der Waals surface area contributed by atoms with Gasteiger partial charge in [0, 0.05) is 12.5 Å². The third-order valence-electron chi connectivity index (χ3n) is 7.97. The maximum atomic E-state index is 13.4. The lowest BCUT2D eigenvalue weighted by Gasteiger charge is -2.26. The number of hydrogen-bond acceptors (Lipinski definition) is 18. The highest BCUT2D eigenvalue weighted by Crippen LogP contribution is 2.55. The van der Waals surface area contributed by atoms with Crippen LogP contribution in [0.15, 0.2) is 23.8 Å². The van der Waals surface area contributed by atoms with Crippen LogP contribution in [-0.4, -0.2) is 109 Å². The number of nitrogen functional groups attached to an aromatic ring is 2. The number of aromatic amines is 1. The normalized spacial score (nSPS) is 36.6. The Kier molecular flexibility index (Phi) is 8.14. The molecule has 2 bridgehead atoms. The number of nitrogens with zero attached hydrogens (tertiary/aromatic N) is 7. The Bertz CT molecular complexity index is 1970. The molecule has 10 atom stereocenters. The molecule has 3 aliphatic rings. The molecule has 23 nitrogen and oxygen atoms in total. The van der Waals surface area contributed by atoms with Crippen molar-refractivity contribution in [3.05, 3.63) is 29.3 Å². The fraction of sp³-hybridized carbons (Fsp3) is 0.545. The van der Waals surface area contributed by atoms with Gasteiger partial charge in [0.2, 0.25) is 5.95 Å². The van der Waals surface area contributed by atoms with Crippen LogP contribution in [0.3, 0.4) is 0 Å². The summed E-state index contributed by atoms with van der Waals surface area (Å²) in [4.78, 5) is 56.5. The smallest absolute Gasteiger partial charge is 0.396 e. The Hall–Kier alpha value is -3.44. The van der Waals surface area contributed by atoms with Crippen LogP contribution < -0.4 is 17.0 Å². The van der Waals surface area contributed by atoms with Crippen molar-refractivity contribution in [3.63, 3.8) is 0 Å². The van der Waals surface area contributed by atoms with E-state index in [1.165, 1.54) is 15.5 Å². The first-order valence-electron chi connectivity index (χ1n) is 13.9. The third-order valence-corrected chi connectivity index (χ3v) is 9.94. The summed E-state index contributed by atoms with van der Waals surface area (Å²) < 4.78 is 62.7. The van der Waals surface area contributed by atoms with Gasteiger partial charge in [0.05, 0.1) is 32.0 Å². The number of ether oxygens (including phenoxy) is 2. The number of hydrogen-bond donors (Lipinski definition) is 7. The second kappa shape index (κ2) is 11.9. The summed E-state index contributed by atoms with van der Waals surface area (Å²) in [5.41, 5.74) is 11.0. The summed E-state index contributed by atoms with van der Waals surface area (Å²) in [6.07, 6.45) is -6.62. The molecule has 3 aliphatic heterocycles. The minimum absolute atomic E-state index is 0.0411. The van der Waals surface area contributed by atoms with Gasteiger partial charge in [0.15, 0.2) is 35.1 Å². The van der Waals surface area contributed by atoms with E-state index in [0.29, 0.717) is 0 Å². The second-order valence-corrected chi connectivity index (χ2v) is 13.6. The number of nitrogens with two attached hydrogens (primary N) is 2. The molecule has 3 saturated heterocycles. The first-order valence-corrected chi connectivity index (χ1v) is 16.9. The average molecular weight is 702 g/mol. The number of aliphatic hydroxyl groups excluding tert-OH is 2. The van der Waals surface area contributed by atoms with Gasteiger partial charge in [-0.25, -0.2) is 29.1 Å². The molecule has 254 valence electrons. The third kappa shape index (κ3) is 5.83. The number of nitrogens with one attached hydrogen (secondary N) is 1. The number of aromatic nitrogens is 8. The number of anilines is 2. The van der Waals surface area contributed by atoms with Crippen molar-refractivity contribution in [2.75, 3.05) is 31.3 Å². The van der Waals surface area contributed by atoms with E-state index >= 15 is 0 Å². The summed E-state index contributed by atoms with van der Waals surface area (Å²) >= 11 is 0. The Morgan fingerprint density at radius 3 is 2.26 bits per heavy atom. The number of fused-ring (bicyclic) bond motifs is 5. The molecule has 3 fully saturated rings. The number of aliphatic hydroxyl groups is 2. The van der Waals surface area contributed by atoms with E-state index in [1.54, 1.807) is 0 Å². The van der Waals surface area contributed by atoms with E-state index in [-0.39, 0.29) is 40.5 Å². The first-order chi connectivity index (χ1) is 22.4. The van der Waals surface area contributed by atoms with Gasteiger partial charge in [-0.1, -0.05) is 0 Å². The number of phosphoric acid groups is 2. The highest BCUT2D eigenvalue weighted by molar-refractivity contribution is 7.47. The van der Waals surface area contributed by atoms with Crippen LogP contribution in [0.5, 0.6) is 0 Å².